The Kier molecular flexibility index (Phi) is 3.02. The van der Waals surface area contributed by atoms with Crippen molar-refractivity contribution in [2.75, 3.05) is 0 Å². The van der Waals surface area contributed by atoms with Gasteiger partial charge in [-0.3, -0.25) is 4.98 Å². The van der Waals surface area contributed by atoms with E-state index in [1.54, 1.807) is 12.4 Å². The first-order chi connectivity index (χ1) is 7.25. The Hall–Kier alpha value is -1.35. The maximum Gasteiger partial charge on any atom is 0.130 e. The first-order valence-electron chi connectivity index (χ1n) is 4.60. The Labute approximate surface area is 97.1 Å². The number of benzene rings is 1. The first kappa shape index (κ1) is 10.2. The summed E-state index contributed by atoms with van der Waals surface area (Å²) in [4.78, 5) is 3.93. The van der Waals surface area contributed by atoms with Gasteiger partial charge in [0.1, 0.15) is 11.5 Å². The van der Waals surface area contributed by atoms with Gasteiger partial charge in [-0.15, -0.1) is 0 Å². The average molecular weight is 264 g/mol. The normalized spacial score (nSPS) is 10.0. The largest absolute Gasteiger partial charge is 0.457 e. The minimum absolute atomic E-state index is 0.792. The second-order valence-corrected chi connectivity index (χ2v) is 4.05. The monoisotopic (exact) mass is 263 g/mol. The van der Waals surface area contributed by atoms with E-state index in [2.05, 4.69) is 20.9 Å². The van der Waals surface area contributed by atoms with Crippen LogP contribution in [0.25, 0.3) is 0 Å². The van der Waals surface area contributed by atoms with Gasteiger partial charge in [0.15, 0.2) is 0 Å². The van der Waals surface area contributed by atoms with Crippen molar-refractivity contribution in [1.29, 1.82) is 0 Å². The first-order valence-corrected chi connectivity index (χ1v) is 5.39. The van der Waals surface area contributed by atoms with E-state index in [1.807, 2.05) is 37.3 Å². The Morgan fingerprint density at radius 2 is 1.80 bits per heavy atom. The number of pyridine rings is 1. The van der Waals surface area contributed by atoms with Crippen molar-refractivity contribution in [2.45, 2.75) is 6.92 Å². The zero-order valence-electron chi connectivity index (χ0n) is 8.27. The molecule has 0 bridgehead atoms. The molecule has 0 fully saturated rings. The fourth-order valence-corrected chi connectivity index (χ4v) is 1.54. The molecule has 0 saturated heterocycles. The highest BCUT2D eigenvalue weighted by atomic mass is 79.9. The number of halogens is 1. The summed E-state index contributed by atoms with van der Waals surface area (Å²) in [5, 5.41) is 0. The quantitative estimate of drug-likeness (QED) is 0.819. The van der Waals surface area contributed by atoms with Gasteiger partial charge >= 0.3 is 0 Å². The van der Waals surface area contributed by atoms with Crippen molar-refractivity contribution in [1.82, 2.24) is 4.98 Å². The number of aryl methyl sites for hydroxylation is 1. The highest BCUT2D eigenvalue weighted by Gasteiger charge is 1.99. The number of rotatable bonds is 2. The van der Waals surface area contributed by atoms with Crippen LogP contribution in [0.5, 0.6) is 11.5 Å². The zero-order chi connectivity index (χ0) is 10.7. The standard InChI is InChI=1S/C12H10BrNO/c1-9-2-3-11(8-12(9)13)15-10-4-6-14-7-5-10/h2-8H,1H3. The highest BCUT2D eigenvalue weighted by molar-refractivity contribution is 9.10. The van der Waals surface area contributed by atoms with Crippen LogP contribution < -0.4 is 4.74 Å². The molecule has 1 aromatic heterocycles. The molecule has 0 atom stereocenters. The topological polar surface area (TPSA) is 22.1 Å². The van der Waals surface area contributed by atoms with E-state index in [-0.39, 0.29) is 0 Å². The zero-order valence-corrected chi connectivity index (χ0v) is 9.86. The van der Waals surface area contributed by atoms with Gasteiger partial charge < -0.3 is 4.74 Å². The average Bonchev–Trinajstić information content (AvgIpc) is 2.25. The Balaban J connectivity index is 2.22. The second-order valence-electron chi connectivity index (χ2n) is 3.20. The SMILES string of the molecule is Cc1ccc(Oc2ccncc2)cc1Br. The molecular weight excluding hydrogens is 254 g/mol. The van der Waals surface area contributed by atoms with Crippen molar-refractivity contribution < 1.29 is 4.74 Å². The van der Waals surface area contributed by atoms with Crippen molar-refractivity contribution >= 4 is 15.9 Å². The van der Waals surface area contributed by atoms with Crippen LogP contribution in [0.2, 0.25) is 0 Å². The number of ether oxygens (including phenoxy) is 1. The molecular formula is C12H10BrNO. The summed E-state index contributed by atoms with van der Waals surface area (Å²) in [6.45, 7) is 2.04. The van der Waals surface area contributed by atoms with Crippen LogP contribution in [0.15, 0.2) is 47.2 Å². The van der Waals surface area contributed by atoms with Crippen molar-refractivity contribution in [3.05, 3.63) is 52.8 Å². The van der Waals surface area contributed by atoms with Gasteiger partial charge in [0.05, 0.1) is 0 Å². The maximum absolute atomic E-state index is 5.64. The van der Waals surface area contributed by atoms with Gasteiger partial charge in [-0.25, -0.2) is 0 Å². The van der Waals surface area contributed by atoms with Gasteiger partial charge in [0.2, 0.25) is 0 Å². The summed E-state index contributed by atoms with van der Waals surface area (Å²) in [5.74, 6) is 1.61. The van der Waals surface area contributed by atoms with Gasteiger partial charge in [-0.05, 0) is 36.8 Å². The Morgan fingerprint density at radius 1 is 1.07 bits per heavy atom. The van der Waals surface area contributed by atoms with Crippen LogP contribution in [0.3, 0.4) is 0 Å². The summed E-state index contributed by atoms with van der Waals surface area (Å²) < 4.78 is 6.69. The van der Waals surface area contributed by atoms with Crippen molar-refractivity contribution in [3.8, 4) is 11.5 Å². The van der Waals surface area contributed by atoms with E-state index in [0.29, 0.717) is 0 Å². The van der Waals surface area contributed by atoms with Crippen LogP contribution >= 0.6 is 15.9 Å². The van der Waals surface area contributed by atoms with Crippen LogP contribution in [0, 0.1) is 6.92 Å². The van der Waals surface area contributed by atoms with E-state index < -0.39 is 0 Å². The third-order valence-corrected chi connectivity index (χ3v) is 2.88. The van der Waals surface area contributed by atoms with Crippen LogP contribution in [-0.4, -0.2) is 4.98 Å². The molecule has 0 unspecified atom stereocenters. The van der Waals surface area contributed by atoms with E-state index in [9.17, 15) is 0 Å². The molecule has 3 heteroatoms. The molecule has 2 nitrogen and oxygen atoms in total. The summed E-state index contributed by atoms with van der Waals surface area (Å²) in [5.41, 5.74) is 1.19. The molecule has 0 aliphatic carbocycles. The van der Waals surface area contributed by atoms with Gasteiger partial charge in [0.25, 0.3) is 0 Å². The third-order valence-electron chi connectivity index (χ3n) is 2.03. The van der Waals surface area contributed by atoms with Crippen LogP contribution in [0.1, 0.15) is 5.56 Å². The smallest absolute Gasteiger partial charge is 0.130 e. The molecule has 0 aliphatic rings. The summed E-state index contributed by atoms with van der Waals surface area (Å²) in [6, 6.07) is 9.57. The Morgan fingerprint density at radius 3 is 2.47 bits per heavy atom. The molecule has 76 valence electrons. The fraction of sp³-hybridized carbons (Fsp3) is 0.0833. The lowest BCUT2D eigenvalue weighted by Gasteiger charge is -2.06. The predicted octanol–water partition coefficient (Wildman–Crippen LogP) is 3.94. The molecule has 0 amide bonds. The molecule has 2 rings (SSSR count). The molecule has 15 heavy (non-hydrogen) atoms. The van der Waals surface area contributed by atoms with Gasteiger partial charge in [0, 0.05) is 16.9 Å². The summed E-state index contributed by atoms with van der Waals surface area (Å²) in [7, 11) is 0. The summed E-state index contributed by atoms with van der Waals surface area (Å²) >= 11 is 3.47. The highest BCUT2D eigenvalue weighted by Crippen LogP contribution is 2.26. The fourth-order valence-electron chi connectivity index (χ4n) is 1.18. The lowest BCUT2D eigenvalue weighted by atomic mass is 10.2. The predicted molar refractivity (Wildman–Crippen MR) is 63.2 cm³/mol. The number of hydrogen-bond acceptors (Lipinski definition) is 2. The molecule has 2 aromatic rings. The van der Waals surface area contributed by atoms with Crippen LogP contribution in [-0.2, 0) is 0 Å². The summed E-state index contributed by atoms with van der Waals surface area (Å²) in [6.07, 6.45) is 3.41. The van der Waals surface area contributed by atoms with Crippen molar-refractivity contribution in [2.24, 2.45) is 0 Å². The molecule has 0 N–H and O–H groups in total. The second kappa shape index (κ2) is 4.45. The maximum atomic E-state index is 5.64. The molecule has 1 heterocycles. The van der Waals surface area contributed by atoms with E-state index in [0.717, 1.165) is 16.0 Å². The molecule has 0 radical (unpaired) electrons. The number of hydrogen-bond donors (Lipinski definition) is 0. The number of nitrogens with zero attached hydrogens (tertiary/aromatic N) is 1. The third kappa shape index (κ3) is 2.57. The molecule has 0 spiro atoms. The lowest BCUT2D eigenvalue weighted by molar-refractivity contribution is 0.481. The van der Waals surface area contributed by atoms with Gasteiger partial charge in [-0.1, -0.05) is 22.0 Å². The van der Waals surface area contributed by atoms with E-state index in [1.165, 1.54) is 5.56 Å². The minimum Gasteiger partial charge on any atom is -0.457 e. The molecule has 0 saturated carbocycles. The molecule has 1 aromatic carbocycles. The van der Waals surface area contributed by atoms with E-state index in [4.69, 9.17) is 4.74 Å². The number of aromatic nitrogens is 1. The molecule has 0 aliphatic heterocycles. The van der Waals surface area contributed by atoms with Gasteiger partial charge in [-0.2, -0.15) is 0 Å². The minimum atomic E-state index is 0.792. The van der Waals surface area contributed by atoms with E-state index >= 15 is 0 Å². The van der Waals surface area contributed by atoms with Crippen molar-refractivity contribution in [3.63, 3.8) is 0 Å². The Bertz CT molecular complexity index is 456. The van der Waals surface area contributed by atoms with Crippen LogP contribution in [0.4, 0.5) is 0 Å². The lowest BCUT2D eigenvalue weighted by Crippen LogP contribution is -1.85.